The van der Waals surface area contributed by atoms with Gasteiger partial charge in [0, 0.05) is 23.7 Å². The molecule has 8 nitrogen and oxygen atoms in total. The van der Waals surface area contributed by atoms with E-state index in [0.717, 1.165) is 0 Å². The number of hydrogen-bond donors (Lipinski definition) is 2. The van der Waals surface area contributed by atoms with Crippen LogP contribution in [0.15, 0.2) is 40.7 Å². The molecule has 1 aliphatic rings. The van der Waals surface area contributed by atoms with Crippen LogP contribution in [-0.2, 0) is 24.3 Å². The second kappa shape index (κ2) is 7.88. The number of ether oxygens (including phenoxy) is 1. The summed E-state index contributed by atoms with van der Waals surface area (Å²) in [6.45, 7) is 3.70. The summed E-state index contributed by atoms with van der Waals surface area (Å²) in [6, 6.07) is 5.84. The van der Waals surface area contributed by atoms with Crippen LogP contribution in [0, 0.1) is 5.92 Å². The van der Waals surface area contributed by atoms with E-state index in [1.165, 1.54) is 41.8 Å². The average Bonchev–Trinajstić information content (AvgIpc) is 3.19. The third kappa shape index (κ3) is 5.08. The Kier molecular flexibility index (Phi) is 5.71. The highest BCUT2D eigenvalue weighted by molar-refractivity contribution is 7.93. The minimum atomic E-state index is -3.73. The first-order valence-electron chi connectivity index (χ1n) is 8.70. The van der Waals surface area contributed by atoms with E-state index >= 15 is 0 Å². The monoisotopic (exact) mass is 423 g/mol. The number of hydrogen-bond acceptors (Lipinski definition) is 7. The van der Waals surface area contributed by atoms with Gasteiger partial charge in [0.2, 0.25) is 5.91 Å². The number of carbonyl (C=O) groups excluding carboxylic acids is 2. The fraction of sp³-hybridized carbons (Fsp3) is 0.389. The van der Waals surface area contributed by atoms with E-state index in [1.54, 1.807) is 5.38 Å². The minimum absolute atomic E-state index is 0.0663. The van der Waals surface area contributed by atoms with Gasteiger partial charge in [0.15, 0.2) is 5.13 Å². The number of amides is 1. The molecule has 3 rings (SSSR count). The summed E-state index contributed by atoms with van der Waals surface area (Å²) in [5.74, 6) is -0.778. The van der Waals surface area contributed by atoms with Crippen LogP contribution in [0.5, 0.6) is 0 Å². The van der Waals surface area contributed by atoms with Gasteiger partial charge >= 0.3 is 5.97 Å². The van der Waals surface area contributed by atoms with Crippen molar-refractivity contribution in [2.75, 3.05) is 10.0 Å². The van der Waals surface area contributed by atoms with Crippen LogP contribution in [0.2, 0.25) is 0 Å². The molecule has 1 atom stereocenters. The van der Waals surface area contributed by atoms with Crippen LogP contribution in [0.3, 0.4) is 0 Å². The number of cyclic esters (lactones) is 1. The normalized spacial score (nSPS) is 18.5. The van der Waals surface area contributed by atoms with E-state index in [-0.39, 0.29) is 34.2 Å². The number of benzene rings is 1. The molecule has 1 unspecified atom stereocenters. The predicted octanol–water partition coefficient (Wildman–Crippen LogP) is 3.00. The smallest absolute Gasteiger partial charge is 0.309 e. The highest BCUT2D eigenvalue weighted by Gasteiger charge is 2.39. The standard InChI is InChI=1S/C18H21N3O5S2/c1-18(2)11-12(16(23)26-18)3-8-15(22)20-13-4-6-14(7-5-13)28(24,25)21-17-19-9-10-27-17/h4-7,9-10,12H,3,8,11H2,1-2H3,(H,19,21)(H,20,22). The van der Waals surface area contributed by atoms with Crippen molar-refractivity contribution in [1.82, 2.24) is 4.98 Å². The van der Waals surface area contributed by atoms with Crippen LogP contribution in [0.4, 0.5) is 10.8 Å². The highest BCUT2D eigenvalue weighted by atomic mass is 32.2. The summed E-state index contributed by atoms with van der Waals surface area (Å²) in [5.41, 5.74) is -0.000752. The SMILES string of the molecule is CC1(C)CC(CCC(=O)Nc2ccc(S(=O)(=O)Nc3nccs3)cc2)C(=O)O1. The van der Waals surface area contributed by atoms with Gasteiger partial charge in [0.05, 0.1) is 10.8 Å². The maximum absolute atomic E-state index is 12.3. The van der Waals surface area contributed by atoms with Crippen LogP contribution in [0.25, 0.3) is 0 Å². The first-order chi connectivity index (χ1) is 13.1. The van der Waals surface area contributed by atoms with E-state index in [0.29, 0.717) is 18.5 Å². The summed E-state index contributed by atoms with van der Waals surface area (Å²) in [6.07, 6.45) is 2.70. The largest absolute Gasteiger partial charge is 0.459 e. The number of rotatable bonds is 7. The lowest BCUT2D eigenvalue weighted by atomic mass is 9.93. The van der Waals surface area contributed by atoms with Crippen molar-refractivity contribution in [3.8, 4) is 0 Å². The number of carbonyl (C=O) groups is 2. The number of sulfonamides is 1. The Labute approximate surface area is 167 Å². The van der Waals surface area contributed by atoms with Crippen molar-refractivity contribution in [2.24, 2.45) is 5.92 Å². The van der Waals surface area contributed by atoms with Gasteiger partial charge in [-0.2, -0.15) is 0 Å². The van der Waals surface area contributed by atoms with Gasteiger partial charge in [0.1, 0.15) is 5.60 Å². The van der Waals surface area contributed by atoms with Gasteiger partial charge in [-0.15, -0.1) is 11.3 Å². The predicted molar refractivity (Wildman–Crippen MR) is 106 cm³/mol. The summed E-state index contributed by atoms with van der Waals surface area (Å²) in [5, 5.41) is 4.66. The number of nitrogens with one attached hydrogen (secondary N) is 2. The molecule has 150 valence electrons. The Bertz CT molecular complexity index is 954. The molecule has 0 radical (unpaired) electrons. The van der Waals surface area contributed by atoms with Gasteiger partial charge in [-0.25, -0.2) is 13.4 Å². The fourth-order valence-corrected chi connectivity index (χ4v) is 4.78. The maximum Gasteiger partial charge on any atom is 0.309 e. The molecule has 1 fully saturated rings. The van der Waals surface area contributed by atoms with Crippen molar-refractivity contribution in [3.05, 3.63) is 35.8 Å². The van der Waals surface area contributed by atoms with E-state index in [2.05, 4.69) is 15.0 Å². The minimum Gasteiger partial charge on any atom is -0.459 e. The first kappa shape index (κ1) is 20.3. The highest BCUT2D eigenvalue weighted by Crippen LogP contribution is 2.33. The molecule has 10 heteroatoms. The Morgan fingerprint density at radius 3 is 2.61 bits per heavy atom. The maximum atomic E-state index is 12.3. The van der Waals surface area contributed by atoms with Crippen LogP contribution in [-0.4, -0.2) is 30.9 Å². The molecule has 2 N–H and O–H groups in total. The van der Waals surface area contributed by atoms with Crippen LogP contribution < -0.4 is 10.0 Å². The molecule has 2 heterocycles. The number of thiazole rings is 1. The van der Waals surface area contributed by atoms with Gasteiger partial charge < -0.3 is 10.1 Å². The lowest BCUT2D eigenvalue weighted by Gasteiger charge is -2.14. The molecule has 0 aliphatic carbocycles. The molecule has 0 bridgehead atoms. The molecule has 0 saturated carbocycles. The fourth-order valence-electron chi connectivity index (χ4n) is 2.99. The van der Waals surface area contributed by atoms with E-state index in [4.69, 9.17) is 4.74 Å². The summed E-state index contributed by atoms with van der Waals surface area (Å²) in [7, 11) is -3.73. The molecule has 1 aliphatic heterocycles. The Morgan fingerprint density at radius 2 is 2.04 bits per heavy atom. The zero-order chi connectivity index (χ0) is 20.4. The number of aromatic nitrogens is 1. The lowest BCUT2D eigenvalue weighted by Crippen LogP contribution is -2.17. The van der Waals surface area contributed by atoms with E-state index in [9.17, 15) is 18.0 Å². The zero-order valence-corrected chi connectivity index (χ0v) is 17.1. The second-order valence-electron chi connectivity index (χ2n) is 7.14. The van der Waals surface area contributed by atoms with Gasteiger partial charge in [0.25, 0.3) is 10.0 Å². The van der Waals surface area contributed by atoms with Crippen molar-refractivity contribution in [3.63, 3.8) is 0 Å². The quantitative estimate of drug-likeness (QED) is 0.662. The third-order valence-corrected chi connectivity index (χ3v) is 6.44. The molecular formula is C18H21N3O5S2. The Hall–Kier alpha value is -2.46. The van der Waals surface area contributed by atoms with Crippen LogP contribution in [0.1, 0.15) is 33.1 Å². The molecule has 2 aromatic rings. The number of nitrogens with zero attached hydrogens (tertiary/aromatic N) is 1. The first-order valence-corrected chi connectivity index (χ1v) is 11.1. The van der Waals surface area contributed by atoms with E-state index < -0.39 is 15.6 Å². The molecular weight excluding hydrogens is 402 g/mol. The summed E-state index contributed by atoms with van der Waals surface area (Å²) in [4.78, 5) is 27.9. The molecule has 1 aromatic heterocycles. The average molecular weight is 424 g/mol. The lowest BCUT2D eigenvalue weighted by molar-refractivity contribution is -0.148. The van der Waals surface area contributed by atoms with Gasteiger partial charge in [-0.05, 0) is 51.0 Å². The second-order valence-corrected chi connectivity index (χ2v) is 9.71. The van der Waals surface area contributed by atoms with E-state index in [1.807, 2.05) is 13.8 Å². The molecule has 1 saturated heterocycles. The topological polar surface area (TPSA) is 114 Å². The molecule has 0 spiro atoms. The zero-order valence-electron chi connectivity index (χ0n) is 15.5. The Balaban J connectivity index is 1.54. The van der Waals surface area contributed by atoms with Crippen molar-refractivity contribution in [2.45, 2.75) is 43.6 Å². The van der Waals surface area contributed by atoms with Crippen molar-refractivity contribution >= 4 is 44.1 Å². The van der Waals surface area contributed by atoms with Crippen molar-refractivity contribution in [1.29, 1.82) is 0 Å². The van der Waals surface area contributed by atoms with Crippen LogP contribution >= 0.6 is 11.3 Å². The Morgan fingerprint density at radius 1 is 1.32 bits per heavy atom. The van der Waals surface area contributed by atoms with Gasteiger partial charge in [-0.1, -0.05) is 0 Å². The number of esters is 1. The van der Waals surface area contributed by atoms with Crippen molar-refractivity contribution < 1.29 is 22.7 Å². The third-order valence-electron chi connectivity index (χ3n) is 4.27. The summed E-state index contributed by atoms with van der Waals surface area (Å²) >= 11 is 1.18. The molecule has 1 aromatic carbocycles. The summed E-state index contributed by atoms with van der Waals surface area (Å²) < 4.78 is 32.2. The number of anilines is 2. The van der Waals surface area contributed by atoms with Gasteiger partial charge in [-0.3, -0.25) is 14.3 Å². The molecule has 1 amide bonds. The molecule has 28 heavy (non-hydrogen) atoms.